The van der Waals surface area contributed by atoms with Crippen molar-refractivity contribution in [1.29, 1.82) is 0 Å². The number of alkyl halides is 1. The van der Waals surface area contributed by atoms with Crippen molar-refractivity contribution in [2.75, 3.05) is 37.7 Å². The Bertz CT molecular complexity index is 1770. The minimum Gasteiger partial charge on any atom is -0.508 e. The van der Waals surface area contributed by atoms with Crippen molar-refractivity contribution in [2.45, 2.75) is 69.5 Å². The van der Waals surface area contributed by atoms with Gasteiger partial charge in [-0.3, -0.25) is 9.88 Å². The van der Waals surface area contributed by atoms with Crippen LogP contribution in [0, 0.1) is 11.7 Å². The van der Waals surface area contributed by atoms with E-state index in [0.29, 0.717) is 84.3 Å². The summed E-state index contributed by atoms with van der Waals surface area (Å²) in [7, 11) is 0. The molecule has 3 saturated heterocycles. The summed E-state index contributed by atoms with van der Waals surface area (Å²) in [5.41, 5.74) is 0.741. The number of hydrogen-bond acceptors (Lipinski definition) is 10. The third-order valence-corrected chi connectivity index (χ3v) is 10.3. The molecular weight excluding hydrogens is 604 g/mol. The number of anilines is 1. The molecule has 5 aliphatic rings. The van der Waals surface area contributed by atoms with Gasteiger partial charge in [0.2, 0.25) is 5.89 Å². The maximum Gasteiger partial charge on any atom is 0.319 e. The first-order valence-corrected chi connectivity index (χ1v) is 16.2. The molecule has 13 heteroatoms. The molecule has 0 aliphatic carbocycles. The number of aromatic nitrogens is 5. The lowest BCUT2D eigenvalue weighted by Gasteiger charge is -2.34. The number of hydrogen-bond donors (Lipinski definition) is 1. The monoisotopic (exact) mass is 637 g/mol. The van der Waals surface area contributed by atoms with Crippen LogP contribution in [-0.2, 0) is 19.3 Å². The average Bonchev–Trinajstić information content (AvgIpc) is 3.71. The van der Waals surface area contributed by atoms with Gasteiger partial charge in [-0.1, -0.05) is 16.8 Å². The van der Waals surface area contributed by atoms with Gasteiger partial charge in [-0.05, 0) is 68.7 Å². The first-order valence-electron chi connectivity index (χ1n) is 15.8. The molecule has 4 aromatic rings. The van der Waals surface area contributed by atoms with Gasteiger partial charge in [0.1, 0.15) is 35.6 Å². The summed E-state index contributed by atoms with van der Waals surface area (Å²) in [5, 5.41) is 15.5. The number of phenolic OH excluding ortho intramolecular Hbond substituents is 1. The Morgan fingerprint density at radius 1 is 1.11 bits per heavy atom. The van der Waals surface area contributed by atoms with Crippen LogP contribution in [0.4, 0.5) is 14.6 Å². The number of pyridine rings is 1. The van der Waals surface area contributed by atoms with Crippen molar-refractivity contribution in [3.05, 3.63) is 46.4 Å². The molecule has 0 spiro atoms. The normalized spacial score (nSPS) is 25.1. The molecule has 3 aromatic heterocycles. The van der Waals surface area contributed by atoms with Crippen molar-refractivity contribution in [3.8, 4) is 23.0 Å². The summed E-state index contributed by atoms with van der Waals surface area (Å²) in [4.78, 5) is 23.0. The van der Waals surface area contributed by atoms with Crippen LogP contribution in [0.1, 0.15) is 55.8 Å². The molecule has 3 atom stereocenters. The second-order valence-corrected chi connectivity index (χ2v) is 13.4. The lowest BCUT2D eigenvalue weighted by atomic mass is 9.94. The number of fused-ring (bicyclic) bond motifs is 4. The minimum absolute atomic E-state index is 0.0310. The standard InChI is InChI=1S/C32H34ClF2N7O3/c33-24-12-20(43)11-22-21(24)5-1-6-26-37-25(40-45-26)10-18-4-2-8-41(15-18)30-23-14-36-28(22)27(35)29(23)38-31(39-30)44-17-32-7-3-9-42(32)16-19(34)13-32/h11-12,14,18-19,43H,1-10,13,15-17H2/t18?,19-,32+/m1/s1. The molecule has 0 radical (unpaired) electrons. The van der Waals surface area contributed by atoms with Crippen LogP contribution >= 0.6 is 11.6 Å². The molecule has 8 bridgehead atoms. The summed E-state index contributed by atoms with van der Waals surface area (Å²) in [6, 6.07) is 2.98. The molecular formula is C32H34ClF2N7O3. The molecule has 5 aliphatic heterocycles. The maximum atomic E-state index is 16.7. The van der Waals surface area contributed by atoms with Crippen LogP contribution < -0.4 is 9.64 Å². The number of piperidine rings is 1. The number of halogens is 3. The highest BCUT2D eigenvalue weighted by Gasteiger charge is 2.49. The number of rotatable bonds is 3. The van der Waals surface area contributed by atoms with Gasteiger partial charge in [0.25, 0.3) is 0 Å². The smallest absolute Gasteiger partial charge is 0.319 e. The van der Waals surface area contributed by atoms with E-state index in [0.717, 1.165) is 38.8 Å². The van der Waals surface area contributed by atoms with Crippen LogP contribution in [0.5, 0.6) is 11.8 Å². The SMILES string of the molecule is Oc1cc(Cl)c2c(c1)-c1ncc3c(nc(OC[C@@]45CCCN4C[C@H](F)C5)nc3c1F)N1CCCC(Cc3noc(n3)CCC2)C1. The Labute approximate surface area is 263 Å². The highest BCUT2D eigenvalue weighted by Crippen LogP contribution is 2.42. The molecule has 3 fully saturated rings. The summed E-state index contributed by atoms with van der Waals surface area (Å²) in [6.45, 7) is 2.85. The van der Waals surface area contributed by atoms with Crippen molar-refractivity contribution in [2.24, 2.45) is 5.92 Å². The first-order chi connectivity index (χ1) is 21.8. The fourth-order valence-corrected chi connectivity index (χ4v) is 8.13. The van der Waals surface area contributed by atoms with E-state index >= 15 is 4.39 Å². The topological polar surface area (TPSA) is 114 Å². The summed E-state index contributed by atoms with van der Waals surface area (Å²) < 4.78 is 43.0. The highest BCUT2D eigenvalue weighted by atomic mass is 35.5. The second-order valence-electron chi connectivity index (χ2n) is 12.9. The molecule has 8 heterocycles. The van der Waals surface area contributed by atoms with Gasteiger partial charge in [0.15, 0.2) is 11.6 Å². The summed E-state index contributed by atoms with van der Waals surface area (Å²) in [6.07, 6.45) is 7.10. The van der Waals surface area contributed by atoms with Crippen LogP contribution in [0.15, 0.2) is 22.9 Å². The third kappa shape index (κ3) is 5.25. The molecule has 45 heavy (non-hydrogen) atoms. The number of aryl methyl sites for hydroxylation is 1. The highest BCUT2D eigenvalue weighted by molar-refractivity contribution is 6.32. The van der Waals surface area contributed by atoms with E-state index < -0.39 is 17.5 Å². The Morgan fingerprint density at radius 2 is 2.02 bits per heavy atom. The van der Waals surface area contributed by atoms with E-state index in [-0.39, 0.29) is 35.5 Å². The summed E-state index contributed by atoms with van der Waals surface area (Å²) >= 11 is 6.62. The van der Waals surface area contributed by atoms with E-state index in [2.05, 4.69) is 29.9 Å². The maximum absolute atomic E-state index is 16.7. The van der Waals surface area contributed by atoms with Gasteiger partial charge in [0, 0.05) is 55.7 Å². The van der Waals surface area contributed by atoms with Crippen LogP contribution in [0.25, 0.3) is 22.2 Å². The van der Waals surface area contributed by atoms with E-state index in [4.69, 9.17) is 25.8 Å². The Morgan fingerprint density at radius 3 is 2.93 bits per heavy atom. The fourth-order valence-electron chi connectivity index (χ4n) is 7.82. The molecule has 0 amide bonds. The zero-order chi connectivity index (χ0) is 30.7. The Balaban J connectivity index is 1.26. The van der Waals surface area contributed by atoms with Gasteiger partial charge >= 0.3 is 6.01 Å². The number of aromatic hydroxyl groups is 1. The molecule has 0 saturated carbocycles. The molecule has 10 nitrogen and oxygen atoms in total. The molecule has 1 aromatic carbocycles. The number of benzene rings is 1. The predicted molar refractivity (Wildman–Crippen MR) is 163 cm³/mol. The number of phenols is 1. The quantitative estimate of drug-likeness (QED) is 0.310. The van der Waals surface area contributed by atoms with E-state index in [1.807, 2.05) is 0 Å². The van der Waals surface area contributed by atoms with E-state index in [1.165, 1.54) is 12.1 Å². The van der Waals surface area contributed by atoms with Crippen molar-refractivity contribution in [3.63, 3.8) is 0 Å². The predicted octanol–water partition coefficient (Wildman–Crippen LogP) is 5.48. The van der Waals surface area contributed by atoms with Gasteiger partial charge in [-0.25, -0.2) is 8.78 Å². The number of nitrogens with zero attached hydrogens (tertiary/aromatic N) is 7. The first kappa shape index (κ1) is 28.8. The van der Waals surface area contributed by atoms with Gasteiger partial charge < -0.3 is 19.3 Å². The molecule has 1 N–H and O–H groups in total. The average molecular weight is 638 g/mol. The Kier molecular flexibility index (Phi) is 7.24. The molecule has 9 rings (SSSR count). The van der Waals surface area contributed by atoms with E-state index in [1.54, 1.807) is 6.20 Å². The van der Waals surface area contributed by atoms with Crippen LogP contribution in [0.2, 0.25) is 5.02 Å². The van der Waals surface area contributed by atoms with Crippen LogP contribution in [0.3, 0.4) is 0 Å². The van der Waals surface area contributed by atoms with Crippen molar-refractivity contribution < 1.29 is 23.1 Å². The van der Waals surface area contributed by atoms with E-state index in [9.17, 15) is 9.50 Å². The lowest BCUT2D eigenvalue weighted by molar-refractivity contribution is 0.107. The van der Waals surface area contributed by atoms with Gasteiger partial charge in [-0.2, -0.15) is 15.0 Å². The zero-order valence-corrected chi connectivity index (χ0v) is 25.6. The van der Waals surface area contributed by atoms with Crippen molar-refractivity contribution >= 4 is 28.3 Å². The molecule has 1 unspecified atom stereocenters. The molecule has 236 valence electrons. The van der Waals surface area contributed by atoms with Gasteiger partial charge in [0.05, 0.1) is 10.9 Å². The lowest BCUT2D eigenvalue weighted by Crippen LogP contribution is -2.43. The Hall–Kier alpha value is -3.64. The van der Waals surface area contributed by atoms with Gasteiger partial charge in [-0.15, -0.1) is 0 Å². The largest absolute Gasteiger partial charge is 0.508 e. The second kappa shape index (κ2) is 11.3. The summed E-state index contributed by atoms with van der Waals surface area (Å²) in [5.74, 6) is 1.26. The van der Waals surface area contributed by atoms with Crippen LogP contribution in [-0.4, -0.2) is 79.6 Å². The zero-order valence-electron chi connectivity index (χ0n) is 24.8. The minimum atomic E-state index is -0.895. The third-order valence-electron chi connectivity index (χ3n) is 9.93. The van der Waals surface area contributed by atoms with Crippen molar-refractivity contribution in [1.82, 2.24) is 30.0 Å². The fraction of sp³-hybridized carbons (Fsp3) is 0.531. The number of ether oxygens (including phenoxy) is 1.